The first-order valence-corrected chi connectivity index (χ1v) is 19.2. The molecule has 2 aliphatic heterocycles. The number of nitrogens with zero attached hydrogens (tertiary/aromatic N) is 7. The van der Waals surface area contributed by atoms with Gasteiger partial charge in [-0.3, -0.25) is 4.68 Å². The number of nitrogens with one attached hydrogen (secondary N) is 1. The first-order chi connectivity index (χ1) is 20.7. The molecule has 2 aliphatic rings. The number of carbonyl (C=O) groups is 1. The Morgan fingerprint density at radius 2 is 1.95 bits per heavy atom. The average Bonchev–Trinajstić information content (AvgIpc) is 3.67. The van der Waals surface area contributed by atoms with Gasteiger partial charge in [-0.15, -0.1) is 0 Å². The van der Waals surface area contributed by atoms with Crippen molar-refractivity contribution in [3.05, 3.63) is 24.7 Å². The van der Waals surface area contributed by atoms with E-state index < -0.39 is 32.0 Å². The van der Waals surface area contributed by atoms with Crippen LogP contribution < -0.4 is 10.1 Å². The van der Waals surface area contributed by atoms with Crippen molar-refractivity contribution >= 4 is 36.8 Å². The molecule has 0 unspecified atom stereocenters. The number of ether oxygens (including phenoxy) is 3. The molecule has 1 amide bonds. The molecule has 0 saturated carbocycles. The van der Waals surface area contributed by atoms with Gasteiger partial charge in [-0.25, -0.2) is 9.18 Å². The molecule has 3 aromatic rings. The number of rotatable bonds is 10. The highest BCUT2D eigenvalue weighted by atomic mass is 28.3. The van der Waals surface area contributed by atoms with Gasteiger partial charge in [-0.1, -0.05) is 19.6 Å². The number of hydrogen-bond donors (Lipinski definition) is 1. The van der Waals surface area contributed by atoms with Gasteiger partial charge in [0.25, 0.3) is 0 Å². The Kier molecular flexibility index (Phi) is 9.51. The van der Waals surface area contributed by atoms with Gasteiger partial charge in [-0.05, 0) is 52.9 Å². The molecule has 0 spiro atoms. The third kappa shape index (κ3) is 8.27. The lowest BCUT2D eigenvalue weighted by atomic mass is 10.1. The second kappa shape index (κ2) is 13.0. The molecule has 3 atom stereocenters. The number of likely N-dealkylation sites (tertiary alicyclic amines) is 2. The van der Waals surface area contributed by atoms with Crippen LogP contribution in [0.3, 0.4) is 0 Å². The topological polar surface area (TPSA) is 112 Å². The fourth-order valence-electron chi connectivity index (χ4n) is 5.32. The van der Waals surface area contributed by atoms with Crippen LogP contribution in [0.25, 0.3) is 11.0 Å². The molecule has 0 aliphatic carbocycles. The Bertz CT molecular complexity index is 1430. The van der Waals surface area contributed by atoms with E-state index in [1.54, 1.807) is 6.20 Å². The smallest absolute Gasteiger partial charge is 0.410 e. The van der Waals surface area contributed by atoms with Crippen molar-refractivity contribution in [1.82, 2.24) is 34.1 Å². The minimum atomic E-state index is -1.27. The summed E-state index contributed by atoms with van der Waals surface area (Å²) in [5.74, 6) is 0.537. The standard InChI is InChI=1S/C30H47FN8O4Si/c1-30(2,3)43-29(40)37-13-10-24(31)25(19-37)42-27-23-9-12-38(20-41-14-15-44(5,6)7)26(23)34-28(35-27)33-21-16-32-39(17-21)22-8-11-36(4)18-22/h9,12,16-17,22,24-25H,8,10-11,13-15,18-20H2,1-7H3,(H,33,34,35)/t22-,24-,25+/m1/s1. The van der Waals surface area contributed by atoms with Crippen LogP contribution in [0.2, 0.25) is 25.7 Å². The normalized spacial score (nSPS) is 21.6. The second-order valence-electron chi connectivity index (χ2n) is 14.1. The molecular formula is C30H47FN8O4Si. The van der Waals surface area contributed by atoms with Crippen LogP contribution in [0, 0.1) is 0 Å². The Hall–Kier alpha value is -3.23. The highest BCUT2D eigenvalue weighted by Gasteiger charge is 2.36. The van der Waals surface area contributed by atoms with Gasteiger partial charge in [0.15, 0.2) is 5.65 Å². The predicted molar refractivity (Wildman–Crippen MR) is 170 cm³/mol. The lowest BCUT2D eigenvalue weighted by Gasteiger charge is -2.35. The van der Waals surface area contributed by atoms with Crippen molar-refractivity contribution in [3.8, 4) is 5.88 Å². The van der Waals surface area contributed by atoms with E-state index in [1.807, 2.05) is 48.5 Å². The number of amides is 1. The van der Waals surface area contributed by atoms with Gasteiger partial charge in [0, 0.05) is 46.6 Å². The van der Waals surface area contributed by atoms with Crippen LogP contribution in [-0.2, 0) is 16.2 Å². The Labute approximate surface area is 259 Å². The molecule has 1 N–H and O–H groups in total. The number of alkyl halides is 1. The summed E-state index contributed by atoms with van der Waals surface area (Å²) in [6.07, 6.45) is 4.09. The van der Waals surface area contributed by atoms with Crippen LogP contribution in [0.5, 0.6) is 5.88 Å². The summed E-state index contributed by atoms with van der Waals surface area (Å²) in [6.45, 7) is 15.6. The molecule has 44 heavy (non-hydrogen) atoms. The number of fused-ring (bicyclic) bond motifs is 1. The summed E-state index contributed by atoms with van der Waals surface area (Å²) in [5, 5.41) is 8.47. The third-order valence-electron chi connectivity index (χ3n) is 7.80. The SMILES string of the molecule is CN1CC[C@@H](n2cc(Nc3nc(O[C@H]4CN(C(=O)OC(C)(C)C)CC[C@H]4F)c4ccn(COCC[Si](C)(C)C)c4n3)cn2)C1. The van der Waals surface area contributed by atoms with Crippen LogP contribution in [0.4, 0.5) is 20.8 Å². The quantitative estimate of drug-likeness (QED) is 0.236. The van der Waals surface area contributed by atoms with Crippen molar-refractivity contribution in [3.63, 3.8) is 0 Å². The Balaban J connectivity index is 1.39. The maximum Gasteiger partial charge on any atom is 0.410 e. The summed E-state index contributed by atoms with van der Waals surface area (Å²) in [6, 6.07) is 3.22. The van der Waals surface area contributed by atoms with Gasteiger partial charge in [0.1, 0.15) is 24.6 Å². The van der Waals surface area contributed by atoms with E-state index in [2.05, 4.69) is 47.0 Å². The minimum absolute atomic E-state index is 0.0491. The number of likely N-dealkylation sites (N-methyl/N-ethyl adjacent to an activating group) is 1. The molecule has 0 bridgehead atoms. The van der Waals surface area contributed by atoms with Gasteiger partial charge >= 0.3 is 6.09 Å². The monoisotopic (exact) mass is 630 g/mol. The van der Waals surface area contributed by atoms with E-state index in [1.165, 1.54) is 4.90 Å². The van der Waals surface area contributed by atoms with Crippen molar-refractivity contribution < 1.29 is 23.4 Å². The Morgan fingerprint density at radius 1 is 1.16 bits per heavy atom. The molecule has 2 saturated heterocycles. The summed E-state index contributed by atoms with van der Waals surface area (Å²) in [4.78, 5) is 26.0. The fraction of sp³-hybridized carbons (Fsp3) is 0.667. The van der Waals surface area contributed by atoms with Gasteiger partial charge in [0.2, 0.25) is 11.8 Å². The zero-order valence-corrected chi connectivity index (χ0v) is 28.0. The summed E-state index contributed by atoms with van der Waals surface area (Å²) >= 11 is 0. The first kappa shape index (κ1) is 32.2. The molecule has 3 aromatic heterocycles. The maximum atomic E-state index is 15.2. The lowest BCUT2D eigenvalue weighted by Crippen LogP contribution is -2.51. The zero-order valence-electron chi connectivity index (χ0n) is 27.0. The predicted octanol–water partition coefficient (Wildman–Crippen LogP) is 5.29. The molecule has 14 heteroatoms. The van der Waals surface area contributed by atoms with E-state index in [9.17, 15) is 4.79 Å². The van der Waals surface area contributed by atoms with Crippen molar-refractivity contribution in [2.75, 3.05) is 45.2 Å². The van der Waals surface area contributed by atoms with Gasteiger partial charge in [-0.2, -0.15) is 15.1 Å². The second-order valence-corrected chi connectivity index (χ2v) is 19.8. The van der Waals surface area contributed by atoms with E-state index in [0.717, 1.165) is 31.2 Å². The molecule has 242 valence electrons. The number of aromatic nitrogens is 5. The fourth-order valence-corrected chi connectivity index (χ4v) is 6.08. The molecule has 5 rings (SSSR count). The molecular weight excluding hydrogens is 583 g/mol. The van der Waals surface area contributed by atoms with E-state index in [-0.39, 0.29) is 25.4 Å². The van der Waals surface area contributed by atoms with E-state index in [0.29, 0.717) is 36.4 Å². The van der Waals surface area contributed by atoms with Gasteiger partial charge < -0.3 is 33.9 Å². The van der Waals surface area contributed by atoms with Crippen molar-refractivity contribution in [2.45, 2.75) is 89.9 Å². The van der Waals surface area contributed by atoms with E-state index >= 15 is 4.39 Å². The summed E-state index contributed by atoms with van der Waals surface area (Å²) in [7, 11) is 0.872. The first-order valence-electron chi connectivity index (χ1n) is 15.5. The molecule has 5 heterocycles. The van der Waals surface area contributed by atoms with Gasteiger partial charge in [0.05, 0.1) is 29.9 Å². The molecule has 2 fully saturated rings. The Morgan fingerprint density at radius 3 is 2.66 bits per heavy atom. The maximum absolute atomic E-state index is 15.2. The highest BCUT2D eigenvalue weighted by molar-refractivity contribution is 6.76. The van der Waals surface area contributed by atoms with Crippen LogP contribution in [0.15, 0.2) is 24.7 Å². The van der Waals surface area contributed by atoms with Crippen molar-refractivity contribution in [1.29, 1.82) is 0 Å². The van der Waals surface area contributed by atoms with Crippen LogP contribution >= 0.6 is 0 Å². The summed E-state index contributed by atoms with van der Waals surface area (Å²) in [5.41, 5.74) is 0.693. The largest absolute Gasteiger partial charge is 0.469 e. The van der Waals surface area contributed by atoms with Crippen molar-refractivity contribution in [2.24, 2.45) is 0 Å². The molecule has 0 radical (unpaired) electrons. The number of hydrogen-bond acceptors (Lipinski definition) is 9. The number of carbonyl (C=O) groups excluding carboxylic acids is 1. The van der Waals surface area contributed by atoms with E-state index in [4.69, 9.17) is 19.2 Å². The number of anilines is 2. The summed E-state index contributed by atoms with van der Waals surface area (Å²) < 4.78 is 36.9. The lowest BCUT2D eigenvalue weighted by molar-refractivity contribution is -0.0129. The number of halogens is 1. The zero-order chi connectivity index (χ0) is 31.6. The third-order valence-corrected chi connectivity index (χ3v) is 9.51. The van der Waals surface area contributed by atoms with Crippen LogP contribution in [-0.4, -0.2) is 106 Å². The minimum Gasteiger partial charge on any atom is -0.469 e. The highest BCUT2D eigenvalue weighted by Crippen LogP contribution is 2.30. The average molecular weight is 631 g/mol. The number of piperidine rings is 1. The molecule has 0 aromatic carbocycles. The van der Waals surface area contributed by atoms with Crippen LogP contribution in [0.1, 0.15) is 39.7 Å². The molecule has 12 nitrogen and oxygen atoms in total.